The van der Waals surface area contributed by atoms with Gasteiger partial charge in [0.2, 0.25) is 0 Å². The third-order valence-corrected chi connectivity index (χ3v) is 7.69. The van der Waals surface area contributed by atoms with Gasteiger partial charge in [-0.2, -0.15) is 0 Å². The number of aromatic nitrogens is 2. The Bertz CT molecular complexity index is 1470. The first kappa shape index (κ1) is 23.6. The van der Waals surface area contributed by atoms with Gasteiger partial charge in [0.05, 0.1) is 24.1 Å². The quantitative estimate of drug-likeness (QED) is 0.413. The number of sulfonamides is 1. The van der Waals surface area contributed by atoms with E-state index in [1.165, 1.54) is 6.07 Å². The number of nitrogens with one attached hydrogen (secondary N) is 2. The molecular weight excluding hydrogens is 474 g/mol. The zero-order chi connectivity index (χ0) is 25.1. The zero-order valence-electron chi connectivity index (χ0n) is 19.9. The Labute approximate surface area is 210 Å². The summed E-state index contributed by atoms with van der Waals surface area (Å²) >= 11 is 0. The summed E-state index contributed by atoms with van der Waals surface area (Å²) in [5, 5.41) is 0. The van der Waals surface area contributed by atoms with E-state index < -0.39 is 10.0 Å². The summed E-state index contributed by atoms with van der Waals surface area (Å²) in [4.78, 5) is 24.9. The predicted octanol–water partition coefficient (Wildman–Crippen LogP) is 4.18. The molecule has 1 aliphatic rings. The maximum Gasteiger partial charge on any atom is 0.262 e. The number of rotatable bonds is 6. The van der Waals surface area contributed by atoms with Crippen molar-refractivity contribution in [2.45, 2.75) is 24.9 Å². The molecule has 1 aromatic heterocycles. The van der Waals surface area contributed by atoms with Crippen molar-refractivity contribution in [3.8, 4) is 0 Å². The van der Waals surface area contributed by atoms with Crippen LogP contribution in [0.1, 0.15) is 27.2 Å². The summed E-state index contributed by atoms with van der Waals surface area (Å²) in [5.74, 6) is -0.321. The molecule has 36 heavy (non-hydrogen) atoms. The van der Waals surface area contributed by atoms with Crippen LogP contribution < -0.4 is 9.62 Å². The second-order valence-electron chi connectivity index (χ2n) is 8.82. The molecule has 1 aliphatic heterocycles. The summed E-state index contributed by atoms with van der Waals surface area (Å²) in [6.45, 7) is 3.99. The summed E-state index contributed by atoms with van der Waals surface area (Å²) < 4.78 is 29.2. The summed E-state index contributed by atoms with van der Waals surface area (Å²) in [6, 6.07) is 21.4. The Kier molecular flexibility index (Phi) is 6.47. The third-order valence-electron chi connectivity index (χ3n) is 6.25. The number of hydrogen-bond acceptors (Lipinski definition) is 5. The van der Waals surface area contributed by atoms with Crippen LogP contribution in [0.3, 0.4) is 0 Å². The molecule has 9 heteroatoms. The lowest BCUT2D eigenvalue weighted by molar-refractivity contribution is 0.0747. The van der Waals surface area contributed by atoms with Gasteiger partial charge >= 0.3 is 0 Å². The van der Waals surface area contributed by atoms with E-state index in [1.54, 1.807) is 47.8 Å². The van der Waals surface area contributed by atoms with Gasteiger partial charge < -0.3 is 14.8 Å². The molecule has 1 amide bonds. The number of hydrogen-bond donors (Lipinski definition) is 2. The van der Waals surface area contributed by atoms with Crippen molar-refractivity contribution in [1.29, 1.82) is 0 Å². The first-order chi connectivity index (χ1) is 17.4. The Balaban J connectivity index is 1.43. The van der Waals surface area contributed by atoms with E-state index in [1.807, 2.05) is 43.3 Å². The van der Waals surface area contributed by atoms with E-state index in [4.69, 9.17) is 0 Å². The van der Waals surface area contributed by atoms with Crippen LogP contribution in [0, 0.1) is 6.92 Å². The first-order valence-electron chi connectivity index (χ1n) is 11.7. The molecule has 0 atom stereocenters. The van der Waals surface area contributed by atoms with Crippen LogP contribution in [0.25, 0.3) is 0 Å². The Morgan fingerprint density at radius 1 is 1.00 bits per heavy atom. The van der Waals surface area contributed by atoms with Crippen molar-refractivity contribution in [2.24, 2.45) is 0 Å². The van der Waals surface area contributed by atoms with Crippen LogP contribution in [0.4, 0.5) is 11.4 Å². The van der Waals surface area contributed by atoms with Crippen molar-refractivity contribution in [2.75, 3.05) is 22.7 Å². The molecule has 0 fully saturated rings. The fraction of sp³-hybridized carbons (Fsp3) is 0.185. The second-order valence-corrected chi connectivity index (χ2v) is 10.5. The number of fused-ring (bicyclic) bond motifs is 1. The number of H-pyrrole nitrogens is 1. The highest BCUT2D eigenvalue weighted by molar-refractivity contribution is 7.92. The summed E-state index contributed by atoms with van der Waals surface area (Å²) in [7, 11) is -3.97. The maximum absolute atomic E-state index is 13.7. The SMILES string of the molecule is Cc1ccc(NS(=O)(=O)c2ccccc2C(=O)N2CCN(Cc3cnc[nH]3)c3ccccc3C2)cc1. The largest absolute Gasteiger partial charge is 0.364 e. The Morgan fingerprint density at radius 2 is 1.75 bits per heavy atom. The number of carbonyl (C=O) groups is 1. The van der Waals surface area contributed by atoms with Crippen molar-refractivity contribution in [3.05, 3.63) is 108 Å². The number of anilines is 2. The van der Waals surface area contributed by atoms with E-state index in [9.17, 15) is 13.2 Å². The number of amides is 1. The van der Waals surface area contributed by atoms with Crippen LogP contribution in [0.5, 0.6) is 0 Å². The normalized spacial score (nSPS) is 13.7. The molecule has 2 N–H and O–H groups in total. The fourth-order valence-corrected chi connectivity index (χ4v) is 5.65. The molecule has 0 saturated carbocycles. The molecule has 184 valence electrons. The highest BCUT2D eigenvalue weighted by Gasteiger charge is 2.28. The van der Waals surface area contributed by atoms with E-state index in [0.29, 0.717) is 31.9 Å². The summed E-state index contributed by atoms with van der Waals surface area (Å²) in [6.07, 6.45) is 3.44. The van der Waals surface area contributed by atoms with E-state index in [0.717, 1.165) is 22.5 Å². The van der Waals surface area contributed by atoms with Gasteiger partial charge in [0.15, 0.2) is 0 Å². The fourth-order valence-electron chi connectivity index (χ4n) is 4.39. The van der Waals surface area contributed by atoms with Crippen LogP contribution in [-0.2, 0) is 23.1 Å². The van der Waals surface area contributed by atoms with E-state index in [2.05, 4.69) is 19.6 Å². The Hall–Kier alpha value is -4.11. The number of aryl methyl sites for hydroxylation is 1. The average Bonchev–Trinajstić information content (AvgIpc) is 3.33. The molecule has 0 aliphatic carbocycles. The summed E-state index contributed by atoms with van der Waals surface area (Å²) in [5.41, 5.74) is 4.64. The van der Waals surface area contributed by atoms with Crippen molar-refractivity contribution >= 4 is 27.3 Å². The third kappa shape index (κ3) is 4.96. The number of benzene rings is 3. The molecule has 0 unspecified atom stereocenters. The molecule has 0 saturated heterocycles. The van der Waals surface area contributed by atoms with Gasteiger partial charge in [0.25, 0.3) is 15.9 Å². The molecule has 0 radical (unpaired) electrons. The monoisotopic (exact) mass is 501 g/mol. The smallest absolute Gasteiger partial charge is 0.262 e. The average molecular weight is 502 g/mol. The minimum absolute atomic E-state index is 0.0394. The topological polar surface area (TPSA) is 98.4 Å². The number of aromatic amines is 1. The van der Waals surface area contributed by atoms with Crippen molar-refractivity contribution in [1.82, 2.24) is 14.9 Å². The van der Waals surface area contributed by atoms with E-state index >= 15 is 0 Å². The molecular formula is C27H27N5O3S. The molecule has 2 heterocycles. The number of para-hydroxylation sites is 1. The van der Waals surface area contributed by atoms with Crippen molar-refractivity contribution in [3.63, 3.8) is 0 Å². The van der Waals surface area contributed by atoms with Crippen LogP contribution >= 0.6 is 0 Å². The van der Waals surface area contributed by atoms with Gasteiger partial charge in [0.1, 0.15) is 4.90 Å². The zero-order valence-corrected chi connectivity index (χ0v) is 20.7. The van der Waals surface area contributed by atoms with Gasteiger partial charge in [-0.05, 0) is 42.8 Å². The lowest BCUT2D eigenvalue weighted by Gasteiger charge is -2.24. The van der Waals surface area contributed by atoms with Gasteiger partial charge in [0, 0.05) is 37.2 Å². The first-order valence-corrected chi connectivity index (χ1v) is 13.2. The molecule has 0 spiro atoms. The van der Waals surface area contributed by atoms with Crippen LogP contribution in [0.2, 0.25) is 0 Å². The minimum Gasteiger partial charge on any atom is -0.364 e. The van der Waals surface area contributed by atoms with Gasteiger partial charge in [-0.25, -0.2) is 13.4 Å². The molecule has 5 rings (SSSR count). The van der Waals surface area contributed by atoms with Gasteiger partial charge in [-0.3, -0.25) is 9.52 Å². The molecule has 4 aromatic rings. The lowest BCUT2D eigenvalue weighted by atomic mass is 10.1. The molecule has 3 aromatic carbocycles. The number of carbonyl (C=O) groups excluding carboxylic acids is 1. The standard InChI is InChI=1S/C27H27N5O3S/c1-20-10-12-22(13-11-20)30-36(34,35)26-9-5-3-7-24(26)27(33)32-15-14-31(18-23-16-28-19-29-23)25-8-4-2-6-21(25)17-32/h2-13,16,19,30H,14-15,17-18H2,1H3,(H,28,29). The lowest BCUT2D eigenvalue weighted by Crippen LogP contribution is -2.36. The van der Waals surface area contributed by atoms with E-state index in [-0.39, 0.29) is 16.4 Å². The van der Waals surface area contributed by atoms with Gasteiger partial charge in [-0.1, -0.05) is 48.0 Å². The predicted molar refractivity (Wildman–Crippen MR) is 139 cm³/mol. The number of imidazole rings is 1. The Morgan fingerprint density at radius 3 is 2.53 bits per heavy atom. The van der Waals surface area contributed by atoms with Crippen LogP contribution in [0.15, 0.2) is 90.2 Å². The van der Waals surface area contributed by atoms with Crippen molar-refractivity contribution < 1.29 is 13.2 Å². The van der Waals surface area contributed by atoms with Gasteiger partial charge in [-0.15, -0.1) is 0 Å². The maximum atomic E-state index is 13.7. The molecule has 8 nitrogen and oxygen atoms in total. The second kappa shape index (κ2) is 9.87. The highest BCUT2D eigenvalue weighted by atomic mass is 32.2. The van der Waals surface area contributed by atoms with Crippen LogP contribution in [-0.4, -0.2) is 42.3 Å². The minimum atomic E-state index is -3.97. The number of nitrogens with zero attached hydrogens (tertiary/aromatic N) is 3. The molecule has 0 bridgehead atoms. The highest BCUT2D eigenvalue weighted by Crippen LogP contribution is 2.28.